The molecule has 0 aromatic carbocycles. The predicted octanol–water partition coefficient (Wildman–Crippen LogP) is 1.82. The van der Waals surface area contributed by atoms with E-state index in [0.717, 1.165) is 37.6 Å². The van der Waals surface area contributed by atoms with Gasteiger partial charge in [-0.3, -0.25) is 4.68 Å². The van der Waals surface area contributed by atoms with E-state index in [1.54, 1.807) is 0 Å². The zero-order chi connectivity index (χ0) is 11.5. The van der Waals surface area contributed by atoms with Gasteiger partial charge in [0.25, 0.3) is 0 Å². The van der Waals surface area contributed by atoms with Crippen molar-refractivity contribution >= 4 is 5.82 Å². The molecule has 1 fully saturated rings. The lowest BCUT2D eigenvalue weighted by molar-refractivity contribution is 0.183. The lowest BCUT2D eigenvalue weighted by atomic mass is 10.0. The molecule has 1 saturated heterocycles. The van der Waals surface area contributed by atoms with E-state index >= 15 is 0 Å². The molecular formula is C12H21N3O. The highest BCUT2D eigenvalue weighted by Crippen LogP contribution is 2.20. The third-order valence-corrected chi connectivity index (χ3v) is 3.34. The summed E-state index contributed by atoms with van der Waals surface area (Å²) in [6.07, 6.45) is 2.14. The third kappa shape index (κ3) is 2.38. The predicted molar refractivity (Wildman–Crippen MR) is 64.6 cm³/mol. The van der Waals surface area contributed by atoms with Gasteiger partial charge in [-0.1, -0.05) is 6.92 Å². The highest BCUT2D eigenvalue weighted by atomic mass is 16.5. The number of rotatable bonds is 4. The Labute approximate surface area is 97.0 Å². The summed E-state index contributed by atoms with van der Waals surface area (Å²) in [5, 5.41) is 7.96. The monoisotopic (exact) mass is 223 g/mol. The van der Waals surface area contributed by atoms with E-state index in [0.29, 0.717) is 12.0 Å². The Morgan fingerprint density at radius 2 is 2.50 bits per heavy atom. The third-order valence-electron chi connectivity index (χ3n) is 3.34. The molecule has 2 heterocycles. The van der Waals surface area contributed by atoms with Crippen LogP contribution in [0.25, 0.3) is 0 Å². The van der Waals surface area contributed by atoms with Gasteiger partial charge in [-0.05, 0) is 19.8 Å². The SMILES string of the molecule is CCc1cc(NC(C)C2CCOC2)n(C)n1. The van der Waals surface area contributed by atoms with Crippen molar-refractivity contribution in [2.75, 3.05) is 18.5 Å². The number of hydrogen-bond donors (Lipinski definition) is 1. The van der Waals surface area contributed by atoms with Crippen LogP contribution in [0.3, 0.4) is 0 Å². The highest BCUT2D eigenvalue weighted by Gasteiger charge is 2.22. The number of anilines is 1. The lowest BCUT2D eigenvalue weighted by Gasteiger charge is -2.20. The highest BCUT2D eigenvalue weighted by molar-refractivity contribution is 5.38. The fourth-order valence-corrected chi connectivity index (χ4v) is 2.13. The number of nitrogens with zero attached hydrogens (tertiary/aromatic N) is 2. The van der Waals surface area contributed by atoms with Crippen molar-refractivity contribution in [1.29, 1.82) is 0 Å². The Morgan fingerprint density at radius 3 is 3.06 bits per heavy atom. The van der Waals surface area contributed by atoms with Crippen LogP contribution in [0.1, 0.15) is 26.0 Å². The topological polar surface area (TPSA) is 39.1 Å². The van der Waals surface area contributed by atoms with Gasteiger partial charge in [0.1, 0.15) is 5.82 Å². The van der Waals surface area contributed by atoms with Gasteiger partial charge in [-0.15, -0.1) is 0 Å². The standard InChI is InChI=1S/C12H21N3O/c1-4-11-7-12(15(3)14-11)13-9(2)10-5-6-16-8-10/h7,9-10,13H,4-6,8H2,1-3H3. The van der Waals surface area contributed by atoms with E-state index in [1.165, 1.54) is 0 Å². The molecule has 4 nitrogen and oxygen atoms in total. The molecule has 4 heteroatoms. The molecule has 0 spiro atoms. The second-order valence-electron chi connectivity index (χ2n) is 4.55. The van der Waals surface area contributed by atoms with Gasteiger partial charge in [0.05, 0.1) is 12.3 Å². The quantitative estimate of drug-likeness (QED) is 0.846. The molecule has 2 atom stereocenters. The molecule has 1 aromatic heterocycles. The van der Waals surface area contributed by atoms with Crippen molar-refractivity contribution in [1.82, 2.24) is 9.78 Å². The molecule has 1 aliphatic heterocycles. The molecule has 2 unspecified atom stereocenters. The van der Waals surface area contributed by atoms with Gasteiger partial charge in [0, 0.05) is 31.7 Å². The normalized spacial score (nSPS) is 22.3. The molecule has 90 valence electrons. The van der Waals surface area contributed by atoms with Gasteiger partial charge >= 0.3 is 0 Å². The van der Waals surface area contributed by atoms with E-state index in [9.17, 15) is 0 Å². The van der Waals surface area contributed by atoms with Crippen molar-refractivity contribution in [3.63, 3.8) is 0 Å². The molecule has 0 saturated carbocycles. The van der Waals surface area contributed by atoms with Crippen LogP contribution < -0.4 is 5.32 Å². The number of hydrogen-bond acceptors (Lipinski definition) is 3. The van der Waals surface area contributed by atoms with Gasteiger partial charge in [0.15, 0.2) is 0 Å². The zero-order valence-corrected chi connectivity index (χ0v) is 10.4. The Kier molecular flexibility index (Phi) is 3.49. The molecule has 0 aliphatic carbocycles. The average Bonchev–Trinajstić information content (AvgIpc) is 2.88. The maximum absolute atomic E-state index is 5.41. The molecule has 1 N–H and O–H groups in total. The molecule has 0 amide bonds. The first kappa shape index (κ1) is 11.5. The van der Waals surface area contributed by atoms with Gasteiger partial charge in [-0.2, -0.15) is 5.10 Å². The smallest absolute Gasteiger partial charge is 0.124 e. The summed E-state index contributed by atoms with van der Waals surface area (Å²) in [5.41, 5.74) is 1.14. The van der Waals surface area contributed by atoms with Crippen LogP contribution in [-0.4, -0.2) is 29.0 Å². The molecule has 2 rings (SSSR count). The van der Waals surface area contributed by atoms with Crippen LogP contribution in [0.15, 0.2) is 6.07 Å². The van der Waals surface area contributed by atoms with Crippen molar-refractivity contribution in [2.24, 2.45) is 13.0 Å². The second kappa shape index (κ2) is 4.87. The summed E-state index contributed by atoms with van der Waals surface area (Å²) >= 11 is 0. The molecule has 0 bridgehead atoms. The summed E-state index contributed by atoms with van der Waals surface area (Å²) in [6, 6.07) is 2.58. The van der Waals surface area contributed by atoms with Crippen molar-refractivity contribution in [3.05, 3.63) is 11.8 Å². The molecule has 1 aromatic rings. The Bertz CT molecular complexity index is 342. The van der Waals surface area contributed by atoms with Crippen molar-refractivity contribution in [2.45, 2.75) is 32.7 Å². The van der Waals surface area contributed by atoms with Crippen LogP contribution in [0.4, 0.5) is 5.82 Å². The van der Waals surface area contributed by atoms with Crippen molar-refractivity contribution < 1.29 is 4.74 Å². The first-order valence-electron chi connectivity index (χ1n) is 6.08. The van der Waals surface area contributed by atoms with E-state index in [4.69, 9.17) is 4.74 Å². The average molecular weight is 223 g/mol. The lowest BCUT2D eigenvalue weighted by Crippen LogP contribution is -2.27. The second-order valence-corrected chi connectivity index (χ2v) is 4.55. The summed E-state index contributed by atoms with van der Waals surface area (Å²) in [5.74, 6) is 1.73. The van der Waals surface area contributed by atoms with Gasteiger partial charge < -0.3 is 10.1 Å². The molecule has 1 aliphatic rings. The number of aryl methyl sites for hydroxylation is 2. The first-order valence-corrected chi connectivity index (χ1v) is 6.08. The van der Waals surface area contributed by atoms with Crippen LogP contribution in [0, 0.1) is 5.92 Å². The number of aromatic nitrogens is 2. The van der Waals surface area contributed by atoms with E-state index in [2.05, 4.69) is 30.3 Å². The molecule has 16 heavy (non-hydrogen) atoms. The fourth-order valence-electron chi connectivity index (χ4n) is 2.13. The summed E-state index contributed by atoms with van der Waals surface area (Å²) in [4.78, 5) is 0. The van der Waals surface area contributed by atoms with Crippen LogP contribution in [0.5, 0.6) is 0 Å². The van der Waals surface area contributed by atoms with E-state index < -0.39 is 0 Å². The first-order chi connectivity index (χ1) is 7.70. The largest absolute Gasteiger partial charge is 0.381 e. The minimum absolute atomic E-state index is 0.447. The van der Waals surface area contributed by atoms with Crippen molar-refractivity contribution in [3.8, 4) is 0 Å². The number of ether oxygens (including phenoxy) is 1. The Morgan fingerprint density at radius 1 is 1.69 bits per heavy atom. The summed E-state index contributed by atoms with van der Waals surface area (Å²) < 4.78 is 7.33. The molecular weight excluding hydrogens is 202 g/mol. The van der Waals surface area contributed by atoms with Crippen LogP contribution >= 0.6 is 0 Å². The minimum atomic E-state index is 0.447. The maximum atomic E-state index is 5.41. The maximum Gasteiger partial charge on any atom is 0.124 e. The Balaban J connectivity index is 1.99. The van der Waals surface area contributed by atoms with Gasteiger partial charge in [-0.25, -0.2) is 0 Å². The van der Waals surface area contributed by atoms with E-state index in [1.807, 2.05) is 11.7 Å². The summed E-state index contributed by atoms with van der Waals surface area (Å²) in [6.45, 7) is 6.13. The minimum Gasteiger partial charge on any atom is -0.381 e. The fraction of sp³-hybridized carbons (Fsp3) is 0.750. The molecule has 0 radical (unpaired) electrons. The van der Waals surface area contributed by atoms with E-state index in [-0.39, 0.29) is 0 Å². The Hall–Kier alpha value is -1.03. The van der Waals surface area contributed by atoms with Gasteiger partial charge in [0.2, 0.25) is 0 Å². The summed E-state index contributed by atoms with van der Waals surface area (Å²) in [7, 11) is 1.99. The number of nitrogens with one attached hydrogen (secondary N) is 1. The van der Waals surface area contributed by atoms with Crippen LogP contribution in [0.2, 0.25) is 0 Å². The van der Waals surface area contributed by atoms with Crippen LogP contribution in [-0.2, 0) is 18.2 Å². The zero-order valence-electron chi connectivity index (χ0n) is 10.4.